The van der Waals surface area contributed by atoms with Crippen molar-refractivity contribution in [1.82, 2.24) is 9.38 Å². The van der Waals surface area contributed by atoms with Gasteiger partial charge in [0.15, 0.2) is 10.7 Å². The van der Waals surface area contributed by atoms with Gasteiger partial charge in [0.05, 0.1) is 5.69 Å². The molecule has 21 heavy (non-hydrogen) atoms. The number of benzene rings is 1. The predicted molar refractivity (Wildman–Crippen MR) is 81.1 cm³/mol. The number of hydrogen-bond donors (Lipinski definition) is 0. The Kier molecular flexibility index (Phi) is 3.00. The van der Waals surface area contributed by atoms with Crippen LogP contribution in [0, 0.1) is 0 Å². The molecule has 0 atom stereocenters. The number of ether oxygens (including phenoxy) is 1. The Labute approximate surface area is 126 Å². The number of ketones is 1. The Hall–Kier alpha value is -2.14. The van der Waals surface area contributed by atoms with Crippen molar-refractivity contribution in [3.05, 3.63) is 52.8 Å². The molecule has 0 bridgehead atoms. The maximum absolute atomic E-state index is 11.9. The molecule has 1 aliphatic carbocycles. The van der Waals surface area contributed by atoms with Crippen LogP contribution in [0.3, 0.4) is 0 Å². The predicted octanol–water partition coefficient (Wildman–Crippen LogP) is 3.49. The molecule has 0 saturated heterocycles. The zero-order valence-electron chi connectivity index (χ0n) is 11.4. The molecule has 1 aliphatic rings. The Balaban J connectivity index is 1.58. The quantitative estimate of drug-likeness (QED) is 0.743. The Morgan fingerprint density at radius 2 is 2.29 bits per heavy atom. The minimum absolute atomic E-state index is 0.226. The van der Waals surface area contributed by atoms with E-state index < -0.39 is 0 Å². The van der Waals surface area contributed by atoms with Gasteiger partial charge in [-0.15, -0.1) is 11.3 Å². The smallest absolute Gasteiger partial charge is 0.193 e. The van der Waals surface area contributed by atoms with Gasteiger partial charge in [0.2, 0.25) is 0 Å². The molecule has 0 fully saturated rings. The summed E-state index contributed by atoms with van der Waals surface area (Å²) in [5, 5.41) is 2.01. The lowest BCUT2D eigenvalue weighted by atomic mass is 9.90. The number of fused-ring (bicyclic) bond motifs is 2. The van der Waals surface area contributed by atoms with E-state index in [1.807, 2.05) is 40.4 Å². The molecule has 4 rings (SSSR count). The summed E-state index contributed by atoms with van der Waals surface area (Å²) in [7, 11) is 0. The molecular formula is C16H14N2O2S. The summed E-state index contributed by atoms with van der Waals surface area (Å²) >= 11 is 1.60. The van der Waals surface area contributed by atoms with Gasteiger partial charge in [0.25, 0.3) is 0 Å². The third kappa shape index (κ3) is 2.23. The van der Waals surface area contributed by atoms with Gasteiger partial charge < -0.3 is 4.74 Å². The van der Waals surface area contributed by atoms with Crippen molar-refractivity contribution in [3.63, 3.8) is 0 Å². The largest absolute Gasteiger partial charge is 0.487 e. The first kappa shape index (κ1) is 12.6. The maximum Gasteiger partial charge on any atom is 0.193 e. The van der Waals surface area contributed by atoms with Crippen LogP contribution in [0.2, 0.25) is 0 Å². The second-order valence-electron chi connectivity index (χ2n) is 5.17. The van der Waals surface area contributed by atoms with E-state index in [4.69, 9.17) is 4.74 Å². The monoisotopic (exact) mass is 298 g/mol. The number of aromatic nitrogens is 2. The van der Waals surface area contributed by atoms with Gasteiger partial charge in [-0.2, -0.15) is 0 Å². The van der Waals surface area contributed by atoms with Gasteiger partial charge >= 0.3 is 0 Å². The van der Waals surface area contributed by atoms with E-state index in [-0.39, 0.29) is 5.78 Å². The van der Waals surface area contributed by atoms with Gasteiger partial charge in [-0.25, -0.2) is 4.98 Å². The van der Waals surface area contributed by atoms with Gasteiger partial charge in [-0.05, 0) is 18.9 Å². The van der Waals surface area contributed by atoms with Crippen LogP contribution in [0.15, 0.2) is 36.0 Å². The molecule has 0 N–H and O–H groups in total. The third-order valence-electron chi connectivity index (χ3n) is 3.78. The van der Waals surface area contributed by atoms with Gasteiger partial charge in [-0.1, -0.05) is 12.1 Å². The average molecular weight is 298 g/mol. The highest BCUT2D eigenvalue weighted by molar-refractivity contribution is 7.15. The van der Waals surface area contributed by atoms with E-state index in [0.717, 1.165) is 40.4 Å². The highest BCUT2D eigenvalue weighted by atomic mass is 32.1. The summed E-state index contributed by atoms with van der Waals surface area (Å²) in [6, 6.07) is 5.73. The van der Waals surface area contributed by atoms with Crippen LogP contribution in [0.4, 0.5) is 0 Å². The Bertz CT molecular complexity index is 790. The summed E-state index contributed by atoms with van der Waals surface area (Å²) in [6.07, 6.45) is 6.43. The van der Waals surface area contributed by atoms with Crippen LogP contribution in [-0.2, 0) is 13.0 Å². The molecule has 4 nitrogen and oxygen atoms in total. The van der Waals surface area contributed by atoms with E-state index in [1.165, 1.54) is 0 Å². The summed E-state index contributed by atoms with van der Waals surface area (Å²) < 4.78 is 7.91. The zero-order valence-corrected chi connectivity index (χ0v) is 12.2. The number of hydrogen-bond acceptors (Lipinski definition) is 4. The molecule has 0 unspecified atom stereocenters. The van der Waals surface area contributed by atoms with Crippen LogP contribution < -0.4 is 4.74 Å². The molecule has 2 aromatic heterocycles. The Morgan fingerprint density at radius 3 is 3.19 bits per heavy atom. The number of thiazole rings is 1. The van der Waals surface area contributed by atoms with E-state index in [2.05, 4.69) is 4.98 Å². The molecule has 5 heteroatoms. The Morgan fingerprint density at radius 1 is 1.33 bits per heavy atom. The van der Waals surface area contributed by atoms with E-state index in [9.17, 15) is 4.79 Å². The van der Waals surface area contributed by atoms with Crippen molar-refractivity contribution in [3.8, 4) is 5.75 Å². The first-order chi connectivity index (χ1) is 10.3. The molecule has 0 radical (unpaired) electrons. The molecule has 0 spiro atoms. The normalized spacial score (nSPS) is 14.4. The van der Waals surface area contributed by atoms with E-state index >= 15 is 0 Å². The first-order valence-electron chi connectivity index (χ1n) is 7.00. The van der Waals surface area contributed by atoms with Crippen molar-refractivity contribution < 1.29 is 9.53 Å². The minimum Gasteiger partial charge on any atom is -0.487 e. The van der Waals surface area contributed by atoms with Gasteiger partial charge in [-0.3, -0.25) is 9.20 Å². The number of nitrogens with zero attached hydrogens (tertiary/aromatic N) is 2. The van der Waals surface area contributed by atoms with E-state index in [1.54, 1.807) is 11.3 Å². The molecule has 0 amide bonds. The van der Waals surface area contributed by atoms with Crippen molar-refractivity contribution in [2.24, 2.45) is 0 Å². The number of Topliss-reactive ketones (excluding diaryl/α,β-unsaturated/α-hetero) is 1. The lowest BCUT2D eigenvalue weighted by Gasteiger charge is -2.18. The third-order valence-corrected chi connectivity index (χ3v) is 4.55. The van der Waals surface area contributed by atoms with Crippen LogP contribution >= 0.6 is 11.3 Å². The minimum atomic E-state index is 0.226. The highest BCUT2D eigenvalue weighted by Crippen LogP contribution is 2.30. The number of rotatable bonds is 3. The van der Waals surface area contributed by atoms with E-state index in [0.29, 0.717) is 13.0 Å². The zero-order chi connectivity index (χ0) is 14.2. The van der Waals surface area contributed by atoms with Crippen LogP contribution in [-0.4, -0.2) is 15.2 Å². The molecule has 106 valence electrons. The van der Waals surface area contributed by atoms with Crippen molar-refractivity contribution in [1.29, 1.82) is 0 Å². The number of carbonyl (C=O) groups is 1. The summed E-state index contributed by atoms with van der Waals surface area (Å²) in [5.74, 6) is 1.04. The van der Waals surface area contributed by atoms with Crippen molar-refractivity contribution in [2.75, 3.05) is 0 Å². The first-order valence-corrected chi connectivity index (χ1v) is 7.88. The topological polar surface area (TPSA) is 43.6 Å². The molecule has 3 aromatic rings. The highest BCUT2D eigenvalue weighted by Gasteiger charge is 2.20. The van der Waals surface area contributed by atoms with Gasteiger partial charge in [0, 0.05) is 35.3 Å². The van der Waals surface area contributed by atoms with Crippen LogP contribution in [0.25, 0.3) is 4.96 Å². The molecule has 1 aromatic carbocycles. The number of carbonyl (C=O) groups excluding carboxylic acids is 1. The molecule has 0 aliphatic heterocycles. The average Bonchev–Trinajstić information content (AvgIpc) is 3.07. The second kappa shape index (κ2) is 5.00. The van der Waals surface area contributed by atoms with Gasteiger partial charge in [0.1, 0.15) is 12.4 Å². The van der Waals surface area contributed by atoms with Crippen LogP contribution in [0.5, 0.6) is 5.75 Å². The lowest BCUT2D eigenvalue weighted by molar-refractivity contribution is 0.0971. The molecule has 2 heterocycles. The second-order valence-corrected chi connectivity index (χ2v) is 6.05. The molecule has 0 saturated carbocycles. The summed E-state index contributed by atoms with van der Waals surface area (Å²) in [4.78, 5) is 17.4. The maximum atomic E-state index is 11.9. The van der Waals surface area contributed by atoms with Crippen LogP contribution in [0.1, 0.15) is 34.5 Å². The fraction of sp³-hybridized carbons (Fsp3) is 0.250. The fourth-order valence-corrected chi connectivity index (χ4v) is 3.50. The standard InChI is InChI=1S/C16H14N2O2S/c19-14-5-1-4-13-12(14)3-2-6-15(13)20-10-11-9-18-7-8-21-16(18)17-11/h2-3,6-9H,1,4-5,10H2. The van der Waals surface area contributed by atoms with Crippen molar-refractivity contribution in [2.45, 2.75) is 25.9 Å². The summed E-state index contributed by atoms with van der Waals surface area (Å²) in [5.41, 5.74) is 2.78. The van der Waals surface area contributed by atoms with Crippen molar-refractivity contribution >= 4 is 22.1 Å². The fourth-order valence-electron chi connectivity index (χ4n) is 2.78. The SMILES string of the molecule is O=C1CCCc2c(OCc3cn4ccsc4n3)cccc21. The number of imidazole rings is 1. The lowest BCUT2D eigenvalue weighted by Crippen LogP contribution is -2.12. The molecular weight excluding hydrogens is 284 g/mol. The summed E-state index contributed by atoms with van der Waals surface area (Å²) in [6.45, 7) is 0.430.